The molecule has 0 radical (unpaired) electrons. The fraction of sp³-hybridized carbons (Fsp3) is 0.750. The van der Waals surface area contributed by atoms with Crippen LogP contribution in [-0.4, -0.2) is 28.9 Å². The number of hydrogen-bond acceptors (Lipinski definition) is 5. The van der Waals surface area contributed by atoms with Gasteiger partial charge in [0.2, 0.25) is 0 Å². The summed E-state index contributed by atoms with van der Waals surface area (Å²) >= 11 is 11.5. The Bertz CT molecular complexity index is 222. The van der Waals surface area contributed by atoms with Crippen LogP contribution in [0.5, 0.6) is 0 Å². The second-order valence-corrected chi connectivity index (χ2v) is 3.90. The van der Waals surface area contributed by atoms with E-state index in [2.05, 4.69) is 21.1 Å². The summed E-state index contributed by atoms with van der Waals surface area (Å²) in [7, 11) is 0. The molecule has 0 amide bonds. The van der Waals surface area contributed by atoms with Gasteiger partial charge in [0.05, 0.1) is 6.61 Å². The average Bonchev–Trinajstić information content (AvgIpc) is 2.99. The Morgan fingerprint density at radius 1 is 1.25 bits per heavy atom. The predicted octanol–water partition coefficient (Wildman–Crippen LogP) is 3.50. The Labute approximate surface area is 117 Å². The fourth-order valence-electron chi connectivity index (χ4n) is 0.600. The fourth-order valence-corrected chi connectivity index (χ4v) is 1.06. The number of carbonyl (C=O) groups is 2. The van der Waals surface area contributed by atoms with Crippen molar-refractivity contribution in [2.45, 2.75) is 12.8 Å². The van der Waals surface area contributed by atoms with Crippen LogP contribution in [0.15, 0.2) is 0 Å². The topological polar surface area (TPSA) is 61.8 Å². The third-order valence-electron chi connectivity index (χ3n) is 1.47. The molecular formula is C8H11Cl2IO5. The van der Waals surface area contributed by atoms with Crippen molar-refractivity contribution in [2.24, 2.45) is 5.92 Å². The largest absolute Gasteiger partial charge is 0.509 e. The van der Waals surface area contributed by atoms with E-state index in [1.54, 1.807) is 0 Å². The maximum Gasteiger partial charge on any atom is 0.509 e. The molecule has 94 valence electrons. The maximum absolute atomic E-state index is 10.5. The molecule has 0 heterocycles. The smallest absolute Gasteiger partial charge is 0.437 e. The van der Waals surface area contributed by atoms with Gasteiger partial charge in [0, 0.05) is 11.6 Å². The third kappa shape index (κ3) is 12.1. The Morgan fingerprint density at radius 2 is 1.88 bits per heavy atom. The van der Waals surface area contributed by atoms with E-state index in [-0.39, 0.29) is 6.07 Å². The van der Waals surface area contributed by atoms with Crippen LogP contribution in [0.2, 0.25) is 0 Å². The molecule has 5 nitrogen and oxygen atoms in total. The lowest BCUT2D eigenvalue weighted by Gasteiger charge is -2.00. The standard InChI is InChI=1S/C6H9IO3.C2H2Cl2O2/c7-4-10-6(8)9-3-5-1-2-5;3-1-6-2(4)5/h5H,1-4H2;1H2. The minimum Gasteiger partial charge on any atom is -0.437 e. The Morgan fingerprint density at radius 3 is 2.19 bits per heavy atom. The van der Waals surface area contributed by atoms with Crippen molar-refractivity contribution in [1.29, 1.82) is 0 Å². The molecule has 0 aromatic rings. The van der Waals surface area contributed by atoms with E-state index in [9.17, 15) is 9.59 Å². The molecule has 0 bridgehead atoms. The highest BCUT2D eigenvalue weighted by molar-refractivity contribution is 14.1. The molecule has 0 aromatic carbocycles. The molecule has 0 aromatic heterocycles. The summed E-state index contributed by atoms with van der Waals surface area (Å²) in [6.45, 7) is 0.537. The van der Waals surface area contributed by atoms with Crippen molar-refractivity contribution >= 4 is 57.4 Å². The van der Waals surface area contributed by atoms with Crippen molar-refractivity contribution in [3.63, 3.8) is 0 Å². The van der Waals surface area contributed by atoms with Crippen LogP contribution in [0.3, 0.4) is 0 Å². The van der Waals surface area contributed by atoms with Gasteiger partial charge >= 0.3 is 11.6 Å². The van der Waals surface area contributed by atoms with Gasteiger partial charge in [0.1, 0.15) is 4.61 Å². The summed E-state index contributed by atoms with van der Waals surface area (Å²) in [5, 5.41) is 0. The molecule has 0 aliphatic heterocycles. The second-order valence-electron chi connectivity index (χ2n) is 2.75. The zero-order chi connectivity index (χ0) is 12.4. The summed E-state index contributed by atoms with van der Waals surface area (Å²) in [6, 6.07) is -0.178. The highest BCUT2D eigenvalue weighted by atomic mass is 127. The van der Waals surface area contributed by atoms with Crippen molar-refractivity contribution in [2.75, 3.05) is 17.3 Å². The van der Waals surface area contributed by atoms with Crippen molar-refractivity contribution in [3.05, 3.63) is 0 Å². The maximum atomic E-state index is 10.5. The summed E-state index contributed by atoms with van der Waals surface area (Å²) in [6.07, 6.45) is 1.84. The van der Waals surface area contributed by atoms with E-state index in [1.165, 1.54) is 12.8 Å². The third-order valence-corrected chi connectivity index (χ3v) is 2.00. The van der Waals surface area contributed by atoms with E-state index in [0.717, 1.165) is 0 Å². The lowest BCUT2D eigenvalue weighted by atomic mass is 10.5. The van der Waals surface area contributed by atoms with Crippen molar-refractivity contribution in [1.82, 2.24) is 0 Å². The minimum absolute atomic E-state index is 0.178. The molecule has 0 atom stereocenters. The predicted molar refractivity (Wildman–Crippen MR) is 67.1 cm³/mol. The summed E-state index contributed by atoms with van der Waals surface area (Å²) in [5.41, 5.74) is -0.870. The number of halogens is 3. The molecular weight excluding hydrogens is 374 g/mol. The van der Waals surface area contributed by atoms with Gasteiger partial charge in [-0.15, -0.1) is 0 Å². The van der Waals surface area contributed by atoms with Crippen LogP contribution >= 0.6 is 45.8 Å². The lowest BCUT2D eigenvalue weighted by Crippen LogP contribution is -2.07. The van der Waals surface area contributed by atoms with E-state index >= 15 is 0 Å². The highest BCUT2D eigenvalue weighted by Crippen LogP contribution is 2.28. The molecule has 16 heavy (non-hydrogen) atoms. The zero-order valence-electron chi connectivity index (χ0n) is 8.29. The number of alkyl halides is 2. The van der Waals surface area contributed by atoms with Crippen LogP contribution in [0.1, 0.15) is 12.8 Å². The molecule has 8 heteroatoms. The zero-order valence-corrected chi connectivity index (χ0v) is 12.0. The lowest BCUT2D eigenvalue weighted by molar-refractivity contribution is 0.0672. The Hall–Kier alpha value is 0.0500. The molecule has 1 fully saturated rings. The number of carbonyl (C=O) groups excluding carboxylic acids is 2. The Balaban J connectivity index is 0.000000325. The summed E-state index contributed by atoms with van der Waals surface area (Å²) < 4.78 is 13.6. The van der Waals surface area contributed by atoms with Gasteiger partial charge in [-0.2, -0.15) is 0 Å². The first-order valence-corrected chi connectivity index (χ1v) is 6.77. The molecule has 1 saturated carbocycles. The van der Waals surface area contributed by atoms with Gasteiger partial charge in [0.15, 0.2) is 6.07 Å². The van der Waals surface area contributed by atoms with E-state index in [0.29, 0.717) is 17.1 Å². The van der Waals surface area contributed by atoms with Gasteiger partial charge in [-0.05, 0) is 41.4 Å². The molecule has 1 rings (SSSR count). The first kappa shape index (κ1) is 16.1. The van der Waals surface area contributed by atoms with E-state index in [1.807, 2.05) is 22.6 Å². The van der Waals surface area contributed by atoms with Gasteiger partial charge in [-0.1, -0.05) is 11.6 Å². The van der Waals surface area contributed by atoms with Gasteiger partial charge in [-0.3, -0.25) is 0 Å². The molecule has 1 aliphatic rings. The van der Waals surface area contributed by atoms with Crippen LogP contribution < -0.4 is 0 Å². The molecule has 0 saturated heterocycles. The van der Waals surface area contributed by atoms with Crippen LogP contribution in [0.25, 0.3) is 0 Å². The molecule has 1 aliphatic carbocycles. The average molecular weight is 385 g/mol. The highest BCUT2D eigenvalue weighted by Gasteiger charge is 2.23. The molecule has 0 spiro atoms. The van der Waals surface area contributed by atoms with Gasteiger partial charge in [-0.25, -0.2) is 9.59 Å². The van der Waals surface area contributed by atoms with Crippen LogP contribution in [0, 0.1) is 5.92 Å². The number of rotatable bonds is 4. The Kier molecular flexibility index (Phi) is 10.3. The first-order valence-electron chi connectivity index (χ1n) is 4.33. The first-order chi connectivity index (χ1) is 7.60. The minimum atomic E-state index is -0.870. The quantitative estimate of drug-likeness (QED) is 0.321. The number of ether oxygens (including phenoxy) is 3. The normalized spacial score (nSPS) is 13.2. The van der Waals surface area contributed by atoms with Crippen molar-refractivity contribution in [3.8, 4) is 0 Å². The SMILES string of the molecule is O=C(Cl)OCCl.O=C(OCI)OCC1CC1. The number of hydrogen-bond donors (Lipinski definition) is 0. The van der Waals surface area contributed by atoms with E-state index < -0.39 is 11.6 Å². The van der Waals surface area contributed by atoms with Crippen molar-refractivity contribution < 1.29 is 23.8 Å². The summed E-state index contributed by atoms with van der Waals surface area (Å²) in [5.74, 6) is 0.613. The monoisotopic (exact) mass is 384 g/mol. The van der Waals surface area contributed by atoms with Crippen LogP contribution in [0.4, 0.5) is 9.59 Å². The molecule has 0 unspecified atom stereocenters. The van der Waals surface area contributed by atoms with E-state index in [4.69, 9.17) is 16.3 Å². The second kappa shape index (κ2) is 10.2. The molecule has 0 N–H and O–H groups in total. The van der Waals surface area contributed by atoms with Gasteiger partial charge in [0.25, 0.3) is 0 Å². The van der Waals surface area contributed by atoms with Crippen LogP contribution in [-0.2, 0) is 14.2 Å². The van der Waals surface area contributed by atoms with Gasteiger partial charge < -0.3 is 14.2 Å². The summed E-state index contributed by atoms with van der Waals surface area (Å²) in [4.78, 5) is 20.0.